The monoisotopic (exact) mass is 958 g/mol. The minimum atomic E-state index is -1.56. The van der Waals surface area contributed by atoms with Crippen LogP contribution in [0.4, 0.5) is 0 Å². The zero-order valence-electron chi connectivity index (χ0n) is 41.7. The Kier molecular flexibility index (Phi) is 28.6. The number of amides is 8. The van der Waals surface area contributed by atoms with Gasteiger partial charge in [0.2, 0.25) is 47.3 Å². The molecular formula is C45H83N9O11S. The Morgan fingerprint density at radius 2 is 0.864 bits per heavy atom. The smallest absolute Gasteiger partial charge is 0.326 e. The van der Waals surface area contributed by atoms with E-state index < -0.39 is 120 Å². The predicted molar refractivity (Wildman–Crippen MR) is 254 cm³/mol. The van der Waals surface area contributed by atoms with Gasteiger partial charge in [0.05, 0.1) is 12.6 Å². The van der Waals surface area contributed by atoms with Crippen LogP contribution in [0.3, 0.4) is 0 Å². The number of carboxylic acids is 1. The molecule has 0 spiro atoms. The third kappa shape index (κ3) is 22.3. The van der Waals surface area contributed by atoms with Crippen LogP contribution in [0.15, 0.2) is 0 Å². The number of carboxylic acid groups (broad SMARTS) is 1. The lowest BCUT2D eigenvalue weighted by Crippen LogP contribution is -2.61. The van der Waals surface area contributed by atoms with Gasteiger partial charge in [0.1, 0.15) is 48.3 Å². The largest absolute Gasteiger partial charge is 0.480 e. The van der Waals surface area contributed by atoms with Crippen molar-refractivity contribution < 1.29 is 53.4 Å². The molecule has 0 fully saturated rings. The van der Waals surface area contributed by atoms with Crippen molar-refractivity contribution in [2.75, 3.05) is 18.6 Å². The predicted octanol–water partition coefficient (Wildman–Crippen LogP) is 0.538. The molecule has 0 saturated heterocycles. The fraction of sp³-hybridized carbons (Fsp3) is 0.800. The molecule has 10 atom stereocenters. The van der Waals surface area contributed by atoms with Gasteiger partial charge in [0.15, 0.2) is 0 Å². The number of hydrogen-bond acceptors (Lipinski definition) is 12. The van der Waals surface area contributed by atoms with Crippen LogP contribution in [0.5, 0.6) is 0 Å². The van der Waals surface area contributed by atoms with Gasteiger partial charge in [-0.15, -0.1) is 0 Å². The lowest BCUT2D eigenvalue weighted by atomic mass is 9.97. The first-order valence-corrected chi connectivity index (χ1v) is 24.5. The molecule has 21 heteroatoms. The second-order valence-electron chi connectivity index (χ2n) is 19.1. The van der Waals surface area contributed by atoms with Gasteiger partial charge in [-0.3, -0.25) is 38.4 Å². The first kappa shape index (κ1) is 61.5. The van der Waals surface area contributed by atoms with Gasteiger partial charge in [-0.25, -0.2) is 4.79 Å². The number of nitrogens with one attached hydrogen (secondary N) is 8. The molecule has 12 N–H and O–H groups in total. The summed E-state index contributed by atoms with van der Waals surface area (Å²) in [5.74, 6) is -7.92. The molecule has 0 aromatic rings. The highest BCUT2D eigenvalue weighted by Crippen LogP contribution is 2.14. The second-order valence-corrected chi connectivity index (χ2v) is 20.1. The number of aliphatic carboxylic acids is 1. The third-order valence-corrected chi connectivity index (χ3v) is 11.5. The van der Waals surface area contributed by atoms with E-state index in [1.807, 2.05) is 27.0 Å². The maximum atomic E-state index is 14.0. The van der Waals surface area contributed by atoms with Crippen LogP contribution in [0.25, 0.3) is 0 Å². The maximum Gasteiger partial charge on any atom is 0.326 e. The molecule has 0 aromatic heterocycles. The number of hydrogen-bond donors (Lipinski definition) is 11. The SMILES string of the molecule is CC[C@H](C)[C@H](NC(=O)[C@H](C)NC(=O)[C@@H](N)C(C)C)C(=O)N[C@@H](CCSC)C(=O)N[C@@H](CC(C)C)C(=O)N[C@@H](CC(C)C)C(=O)N[C@@H](CO)C(=O)N[C@@H](CC(C)C)C(=O)N[C@H](C(=O)O)C(C)C. The summed E-state index contributed by atoms with van der Waals surface area (Å²) in [4.78, 5) is 120. The zero-order chi connectivity index (χ0) is 51.2. The van der Waals surface area contributed by atoms with Crippen LogP contribution in [0, 0.1) is 35.5 Å². The molecule has 0 saturated carbocycles. The maximum absolute atomic E-state index is 14.0. The van der Waals surface area contributed by atoms with Gasteiger partial charge in [-0.05, 0) is 80.1 Å². The minimum absolute atomic E-state index is 0.0891. The zero-order valence-corrected chi connectivity index (χ0v) is 42.5. The Hall–Kier alpha value is -4.50. The van der Waals surface area contributed by atoms with Crippen molar-refractivity contribution in [3.8, 4) is 0 Å². The van der Waals surface area contributed by atoms with Crippen LogP contribution in [0.2, 0.25) is 0 Å². The summed E-state index contributed by atoms with van der Waals surface area (Å²) in [6, 6.07) is -10.5. The topological polar surface area (TPSA) is 316 Å². The van der Waals surface area contributed by atoms with Gasteiger partial charge < -0.3 is 58.5 Å². The Morgan fingerprint density at radius 3 is 1.23 bits per heavy atom. The van der Waals surface area contributed by atoms with Gasteiger partial charge in [-0.1, -0.05) is 89.5 Å². The first-order valence-electron chi connectivity index (χ1n) is 23.1. The van der Waals surface area contributed by atoms with E-state index in [0.717, 1.165) is 0 Å². The highest BCUT2D eigenvalue weighted by atomic mass is 32.2. The molecule has 8 amide bonds. The lowest BCUT2D eigenvalue weighted by Gasteiger charge is -2.29. The van der Waals surface area contributed by atoms with Gasteiger partial charge in [0, 0.05) is 0 Å². The van der Waals surface area contributed by atoms with E-state index in [2.05, 4.69) is 42.5 Å². The highest BCUT2D eigenvalue weighted by Gasteiger charge is 2.36. The molecule has 0 radical (unpaired) electrons. The van der Waals surface area contributed by atoms with Crippen LogP contribution in [0.1, 0.15) is 122 Å². The van der Waals surface area contributed by atoms with Crippen LogP contribution >= 0.6 is 11.8 Å². The molecule has 0 unspecified atom stereocenters. The number of carbonyl (C=O) groups excluding carboxylic acids is 8. The fourth-order valence-electron chi connectivity index (χ4n) is 6.58. The number of carbonyl (C=O) groups is 9. The Bertz CT molecular complexity index is 1610. The summed E-state index contributed by atoms with van der Waals surface area (Å²) in [5.41, 5.74) is 5.94. The van der Waals surface area contributed by atoms with Crippen LogP contribution in [-0.2, 0) is 43.2 Å². The molecule has 0 aliphatic rings. The Morgan fingerprint density at radius 1 is 0.485 bits per heavy atom. The Balaban J connectivity index is 6.38. The number of aliphatic hydroxyl groups is 1. The quantitative estimate of drug-likeness (QED) is 0.0453. The molecule has 66 heavy (non-hydrogen) atoms. The summed E-state index contributed by atoms with van der Waals surface area (Å²) < 4.78 is 0. The minimum Gasteiger partial charge on any atom is -0.480 e. The molecule has 0 rings (SSSR count). The summed E-state index contributed by atoms with van der Waals surface area (Å²) >= 11 is 1.43. The normalized spacial score (nSPS) is 16.1. The van der Waals surface area contributed by atoms with E-state index in [-0.39, 0.29) is 55.3 Å². The Labute approximate surface area is 396 Å². The molecule has 380 valence electrons. The van der Waals surface area contributed by atoms with Crippen molar-refractivity contribution in [3.05, 3.63) is 0 Å². The van der Waals surface area contributed by atoms with Crippen molar-refractivity contribution in [2.24, 2.45) is 41.2 Å². The van der Waals surface area contributed by atoms with Gasteiger partial charge in [0.25, 0.3) is 0 Å². The second kappa shape index (κ2) is 30.7. The standard InChI is InChI=1S/C45H83N9O11S/c1-15-27(12)36(54-37(56)28(13)47-43(62)34(46)25(8)9)44(63)48-29(16-17-66-14)38(57)49-30(18-22(2)3)39(58)50-31(19-23(4)5)40(59)52-33(21-55)42(61)51-32(20-24(6)7)41(60)53-35(26(10)11)45(64)65/h22-36,55H,15-21,46H2,1-14H3,(H,47,62)(H,48,63)(H,49,57)(H,50,58)(H,51,61)(H,52,59)(H,53,60)(H,54,56)(H,64,65)/t27-,28-,29-,30-,31-,32-,33-,34-,35-,36-/m0/s1. The molecule has 0 aliphatic heterocycles. The molecule has 0 heterocycles. The summed E-state index contributed by atoms with van der Waals surface area (Å²) in [6.07, 6.45) is 2.81. The molecule has 0 aliphatic carbocycles. The molecule has 20 nitrogen and oxygen atoms in total. The number of thioether (sulfide) groups is 1. The average Bonchev–Trinajstić information content (AvgIpc) is 3.22. The molecule has 0 aromatic carbocycles. The third-order valence-electron chi connectivity index (χ3n) is 10.9. The van der Waals surface area contributed by atoms with E-state index in [1.54, 1.807) is 62.3 Å². The number of nitrogens with two attached hydrogens (primary N) is 1. The summed E-state index contributed by atoms with van der Waals surface area (Å²) in [7, 11) is 0. The van der Waals surface area contributed by atoms with Crippen molar-refractivity contribution >= 4 is 65.0 Å². The van der Waals surface area contributed by atoms with Crippen molar-refractivity contribution in [3.63, 3.8) is 0 Å². The number of rotatable bonds is 31. The summed E-state index contributed by atoms with van der Waals surface area (Å²) in [6.45, 7) is 21.8. The average molecular weight is 958 g/mol. The van der Waals surface area contributed by atoms with Gasteiger partial charge in [-0.2, -0.15) is 11.8 Å². The molecular weight excluding hydrogens is 875 g/mol. The van der Waals surface area contributed by atoms with Crippen LogP contribution in [-0.4, -0.2) is 136 Å². The van der Waals surface area contributed by atoms with E-state index in [4.69, 9.17) is 5.73 Å². The van der Waals surface area contributed by atoms with E-state index in [1.165, 1.54) is 18.7 Å². The highest BCUT2D eigenvalue weighted by molar-refractivity contribution is 7.98. The fourth-order valence-corrected chi connectivity index (χ4v) is 7.06. The summed E-state index contributed by atoms with van der Waals surface area (Å²) in [5, 5.41) is 40.8. The number of aliphatic hydroxyl groups excluding tert-OH is 1. The van der Waals surface area contributed by atoms with Gasteiger partial charge >= 0.3 is 5.97 Å². The lowest BCUT2D eigenvalue weighted by molar-refractivity contribution is -0.143. The molecule has 0 bridgehead atoms. The van der Waals surface area contributed by atoms with Crippen LogP contribution < -0.4 is 48.3 Å². The first-order chi connectivity index (χ1) is 30.6. The van der Waals surface area contributed by atoms with E-state index in [0.29, 0.717) is 12.2 Å². The van der Waals surface area contributed by atoms with Crippen molar-refractivity contribution in [1.29, 1.82) is 0 Å². The van der Waals surface area contributed by atoms with Crippen molar-refractivity contribution in [1.82, 2.24) is 42.5 Å². The van der Waals surface area contributed by atoms with E-state index >= 15 is 0 Å². The van der Waals surface area contributed by atoms with E-state index in [9.17, 15) is 53.4 Å². The van der Waals surface area contributed by atoms with Crippen molar-refractivity contribution in [2.45, 2.75) is 176 Å².